The smallest absolute Gasteiger partial charge is 0.301 e. The zero-order chi connectivity index (χ0) is 25.1. The van der Waals surface area contributed by atoms with Crippen LogP contribution in [0.2, 0.25) is 0 Å². The molecule has 0 saturated carbocycles. The van der Waals surface area contributed by atoms with Gasteiger partial charge >= 0.3 is 5.91 Å². The summed E-state index contributed by atoms with van der Waals surface area (Å²) in [6, 6.07) is 14.5. The number of hydrogen-bond acceptors (Lipinski definition) is 7. The Kier molecular flexibility index (Phi) is 5.46. The van der Waals surface area contributed by atoms with E-state index in [1.165, 1.54) is 33.1 Å². The van der Waals surface area contributed by atoms with E-state index in [2.05, 4.69) is 19.9 Å². The third-order valence-corrected chi connectivity index (χ3v) is 8.64. The molecule has 6 rings (SSSR count). The van der Waals surface area contributed by atoms with Crippen LogP contribution in [0.1, 0.15) is 54.3 Å². The molecule has 2 aromatic carbocycles. The van der Waals surface area contributed by atoms with Gasteiger partial charge in [-0.2, -0.15) is 0 Å². The van der Waals surface area contributed by atoms with Gasteiger partial charge in [0.15, 0.2) is 5.13 Å². The highest BCUT2D eigenvalue weighted by Crippen LogP contribution is 2.46. The minimum Gasteiger partial charge on any atom is -0.507 e. The van der Waals surface area contributed by atoms with Crippen LogP contribution in [-0.2, 0) is 16.0 Å². The minimum absolute atomic E-state index is 0.0596. The molecule has 182 valence electrons. The van der Waals surface area contributed by atoms with Gasteiger partial charge in [0.05, 0.1) is 15.8 Å². The number of fused-ring (bicyclic) bond motifs is 2. The van der Waals surface area contributed by atoms with E-state index in [4.69, 9.17) is 9.72 Å². The number of aliphatic hydroxyl groups is 1. The summed E-state index contributed by atoms with van der Waals surface area (Å²) >= 11 is 2.82. The highest BCUT2D eigenvalue weighted by Gasteiger charge is 2.48. The van der Waals surface area contributed by atoms with Crippen molar-refractivity contribution in [3.05, 3.63) is 81.1 Å². The van der Waals surface area contributed by atoms with Crippen molar-refractivity contribution < 1.29 is 19.4 Å². The van der Waals surface area contributed by atoms with Crippen molar-refractivity contribution in [1.82, 2.24) is 4.98 Å². The number of nitrogens with zero attached hydrogens (tertiary/aromatic N) is 2. The summed E-state index contributed by atoms with van der Waals surface area (Å²) in [4.78, 5) is 33.8. The molecule has 0 bridgehead atoms. The normalized spacial score (nSPS) is 20.9. The highest BCUT2D eigenvalue weighted by atomic mass is 32.1. The molecular weight excluding hydrogens is 492 g/mol. The van der Waals surface area contributed by atoms with Crippen molar-refractivity contribution >= 4 is 55.5 Å². The maximum Gasteiger partial charge on any atom is 0.301 e. The summed E-state index contributed by atoms with van der Waals surface area (Å²) in [5.74, 6) is -0.431. The van der Waals surface area contributed by atoms with E-state index in [1.54, 1.807) is 6.07 Å². The van der Waals surface area contributed by atoms with E-state index in [0.29, 0.717) is 16.6 Å². The lowest BCUT2D eigenvalue weighted by Gasteiger charge is -2.21. The molecule has 8 heteroatoms. The van der Waals surface area contributed by atoms with Gasteiger partial charge in [0.25, 0.3) is 5.78 Å². The second kappa shape index (κ2) is 8.57. The van der Waals surface area contributed by atoms with Crippen molar-refractivity contribution in [2.24, 2.45) is 0 Å². The summed E-state index contributed by atoms with van der Waals surface area (Å²) in [6.45, 7) is 6.25. The first-order valence-corrected chi connectivity index (χ1v) is 13.6. The quantitative estimate of drug-likeness (QED) is 0.192. The number of anilines is 1. The summed E-state index contributed by atoms with van der Waals surface area (Å²) in [5, 5.41) is 13.7. The Morgan fingerprint density at radius 2 is 2.00 bits per heavy atom. The van der Waals surface area contributed by atoms with Crippen LogP contribution < -0.4 is 9.64 Å². The number of benzene rings is 2. The first kappa shape index (κ1) is 22.9. The topological polar surface area (TPSA) is 79.7 Å². The van der Waals surface area contributed by atoms with Crippen LogP contribution in [0.4, 0.5) is 5.13 Å². The zero-order valence-electron chi connectivity index (χ0n) is 20.0. The number of aliphatic hydroxyl groups excluding tert-OH is 1. The molecule has 0 spiro atoms. The Morgan fingerprint density at radius 3 is 2.75 bits per heavy atom. The fraction of sp³-hybridized carbons (Fsp3) is 0.250. The van der Waals surface area contributed by atoms with E-state index in [-0.39, 0.29) is 17.4 Å². The zero-order valence-corrected chi connectivity index (χ0v) is 21.7. The standard InChI is InChI=1S/C28H24N2O4S2/c1-14(2)16-6-8-19-22(13-16)36-28(29-19)30-24(21-5-4-10-35-21)23(26(32)27(30)33)25(31)17-7-9-20-18(12-17)11-15(3)34-20/h4-10,12-15,24,31H,11H2,1-3H3/b25-23+. The number of ether oxygens (including phenoxy) is 1. The molecule has 1 amide bonds. The average Bonchev–Trinajstić information content (AvgIpc) is 3.63. The molecule has 0 aliphatic carbocycles. The fourth-order valence-corrected chi connectivity index (χ4v) is 6.73. The first-order chi connectivity index (χ1) is 17.3. The number of ketones is 1. The van der Waals surface area contributed by atoms with E-state index >= 15 is 0 Å². The van der Waals surface area contributed by atoms with Crippen LogP contribution in [-0.4, -0.2) is 27.9 Å². The molecule has 0 radical (unpaired) electrons. The van der Waals surface area contributed by atoms with Gasteiger partial charge < -0.3 is 9.84 Å². The van der Waals surface area contributed by atoms with Gasteiger partial charge in [0.2, 0.25) is 0 Å². The number of hydrogen-bond donors (Lipinski definition) is 1. The Bertz CT molecular complexity index is 1550. The summed E-state index contributed by atoms with van der Waals surface area (Å²) in [6.07, 6.45) is 0.785. The summed E-state index contributed by atoms with van der Waals surface area (Å²) < 4.78 is 6.73. The van der Waals surface area contributed by atoms with Crippen LogP contribution in [0.25, 0.3) is 16.0 Å². The Hall–Kier alpha value is -3.49. The second-order valence-electron chi connectivity index (χ2n) is 9.52. The third-order valence-electron chi connectivity index (χ3n) is 6.70. The lowest BCUT2D eigenvalue weighted by Crippen LogP contribution is -2.28. The molecule has 1 N–H and O–H groups in total. The average molecular weight is 517 g/mol. The van der Waals surface area contributed by atoms with E-state index < -0.39 is 17.7 Å². The fourth-order valence-electron chi connectivity index (χ4n) is 4.86. The molecule has 2 aliphatic rings. The van der Waals surface area contributed by atoms with Crippen molar-refractivity contribution in [2.45, 2.75) is 45.3 Å². The van der Waals surface area contributed by atoms with E-state index in [1.807, 2.05) is 48.7 Å². The molecule has 2 aliphatic heterocycles. The minimum atomic E-state index is -0.751. The first-order valence-electron chi connectivity index (χ1n) is 11.9. The number of rotatable bonds is 4. The van der Waals surface area contributed by atoms with Crippen LogP contribution in [0.5, 0.6) is 5.75 Å². The van der Waals surface area contributed by atoms with Crippen molar-refractivity contribution in [2.75, 3.05) is 4.90 Å². The molecular formula is C28H24N2O4S2. The molecule has 2 atom stereocenters. The lowest BCUT2D eigenvalue weighted by molar-refractivity contribution is -0.132. The Morgan fingerprint density at radius 1 is 1.17 bits per heavy atom. The van der Waals surface area contributed by atoms with Crippen molar-refractivity contribution in [3.63, 3.8) is 0 Å². The molecule has 2 unspecified atom stereocenters. The van der Waals surface area contributed by atoms with Crippen molar-refractivity contribution in [1.29, 1.82) is 0 Å². The van der Waals surface area contributed by atoms with Crippen LogP contribution in [0.3, 0.4) is 0 Å². The van der Waals surface area contributed by atoms with Gasteiger partial charge in [0.1, 0.15) is 23.7 Å². The number of aromatic nitrogens is 1. The van der Waals surface area contributed by atoms with Crippen LogP contribution >= 0.6 is 22.7 Å². The van der Waals surface area contributed by atoms with Gasteiger partial charge in [-0.25, -0.2) is 4.98 Å². The number of thiazole rings is 1. The summed E-state index contributed by atoms with van der Waals surface area (Å²) in [5.41, 5.74) is 3.51. The molecule has 1 saturated heterocycles. The Labute approximate surface area is 216 Å². The molecule has 4 aromatic rings. The predicted molar refractivity (Wildman–Crippen MR) is 143 cm³/mol. The van der Waals surface area contributed by atoms with Gasteiger partial charge in [-0.05, 0) is 65.7 Å². The lowest BCUT2D eigenvalue weighted by atomic mass is 9.98. The Balaban J connectivity index is 1.49. The van der Waals surface area contributed by atoms with Gasteiger partial charge in [0, 0.05) is 16.9 Å². The van der Waals surface area contributed by atoms with Crippen LogP contribution in [0.15, 0.2) is 59.5 Å². The van der Waals surface area contributed by atoms with Gasteiger partial charge in [-0.3, -0.25) is 14.5 Å². The molecule has 1 fully saturated rings. The number of thiophene rings is 1. The molecule has 4 heterocycles. The largest absolute Gasteiger partial charge is 0.507 e. The molecule has 36 heavy (non-hydrogen) atoms. The number of Topliss-reactive ketones (excluding diaryl/α,β-unsaturated/α-hetero) is 1. The number of amides is 1. The monoisotopic (exact) mass is 516 g/mol. The van der Waals surface area contributed by atoms with Gasteiger partial charge in [-0.15, -0.1) is 11.3 Å². The van der Waals surface area contributed by atoms with Crippen LogP contribution in [0, 0.1) is 0 Å². The maximum absolute atomic E-state index is 13.4. The predicted octanol–water partition coefficient (Wildman–Crippen LogP) is 6.43. The van der Waals surface area contributed by atoms with Gasteiger partial charge in [-0.1, -0.05) is 37.3 Å². The second-order valence-corrected chi connectivity index (χ2v) is 11.5. The highest BCUT2D eigenvalue weighted by molar-refractivity contribution is 7.22. The van der Waals surface area contributed by atoms with E-state index in [9.17, 15) is 14.7 Å². The van der Waals surface area contributed by atoms with E-state index in [0.717, 1.165) is 32.8 Å². The van der Waals surface area contributed by atoms with Crippen molar-refractivity contribution in [3.8, 4) is 5.75 Å². The third kappa shape index (κ3) is 3.63. The molecule has 6 nitrogen and oxygen atoms in total. The summed E-state index contributed by atoms with van der Waals surface area (Å²) in [7, 11) is 0. The number of carbonyl (C=O) groups excluding carboxylic acids is 2. The molecule has 2 aromatic heterocycles. The SMILES string of the molecule is CC1Cc2cc(/C(O)=C3\C(=O)C(=O)N(c4nc5ccc(C(C)C)cc5s4)C3c3cccs3)ccc2O1. The number of carbonyl (C=O) groups is 2. The maximum atomic E-state index is 13.4.